The van der Waals surface area contributed by atoms with Gasteiger partial charge in [-0.05, 0) is 31.7 Å². The zero-order chi connectivity index (χ0) is 20.2. The minimum Gasteiger partial charge on any atom is -0.389 e. The minimum absolute atomic E-state index is 0. The first-order valence-electron chi connectivity index (χ1n) is 10.3. The van der Waals surface area contributed by atoms with E-state index in [-0.39, 0.29) is 48.4 Å². The predicted molar refractivity (Wildman–Crippen MR) is 131 cm³/mol. The van der Waals surface area contributed by atoms with Crippen molar-refractivity contribution in [2.24, 2.45) is 4.99 Å². The van der Waals surface area contributed by atoms with E-state index in [1.165, 1.54) is 0 Å². The predicted octanol–water partition coefficient (Wildman–Crippen LogP) is 2.82. The zero-order valence-electron chi connectivity index (χ0n) is 17.5. The molecule has 166 valence electrons. The molecule has 0 heterocycles. The smallest absolute Gasteiger partial charge is 0.191 e. The highest BCUT2D eigenvalue weighted by Crippen LogP contribution is 2.22. The average molecular weight is 538 g/mol. The maximum atomic E-state index is 12.1. The average Bonchev–Trinajstić information content (AvgIpc) is 2.72. The SMILES string of the molecule is CCNC(=NCC(O)COCc1ccccc1)NC1CCCC(S(=O)CC)C1.I. The fourth-order valence-corrected chi connectivity index (χ4v) is 4.75. The highest BCUT2D eigenvalue weighted by Gasteiger charge is 2.26. The Hall–Kier alpha value is -0.710. The van der Waals surface area contributed by atoms with Gasteiger partial charge in [-0.3, -0.25) is 9.20 Å². The maximum Gasteiger partial charge on any atom is 0.191 e. The lowest BCUT2D eigenvalue weighted by atomic mass is 9.95. The second-order valence-corrected chi connectivity index (χ2v) is 9.18. The van der Waals surface area contributed by atoms with Gasteiger partial charge in [0.05, 0.1) is 25.9 Å². The van der Waals surface area contributed by atoms with Crippen molar-refractivity contribution in [1.82, 2.24) is 10.6 Å². The summed E-state index contributed by atoms with van der Waals surface area (Å²) in [5.74, 6) is 1.43. The molecule has 4 unspecified atom stereocenters. The number of nitrogens with zero attached hydrogens (tertiary/aromatic N) is 1. The molecule has 6 nitrogen and oxygen atoms in total. The summed E-state index contributed by atoms with van der Waals surface area (Å²) in [6.07, 6.45) is 3.46. The monoisotopic (exact) mass is 537 g/mol. The molecule has 1 aromatic rings. The van der Waals surface area contributed by atoms with Crippen molar-refractivity contribution in [3.8, 4) is 0 Å². The van der Waals surface area contributed by atoms with Crippen molar-refractivity contribution in [3.63, 3.8) is 0 Å². The lowest BCUT2D eigenvalue weighted by Gasteiger charge is -2.30. The molecule has 0 aliphatic heterocycles. The Kier molecular flexibility index (Phi) is 13.7. The second-order valence-electron chi connectivity index (χ2n) is 7.17. The van der Waals surface area contributed by atoms with Gasteiger partial charge in [-0.25, -0.2) is 0 Å². The molecule has 4 atom stereocenters. The number of hydrogen-bond donors (Lipinski definition) is 3. The van der Waals surface area contributed by atoms with Crippen LogP contribution in [0.4, 0.5) is 0 Å². The summed E-state index contributed by atoms with van der Waals surface area (Å²) in [6.45, 7) is 5.77. The number of hydrogen-bond acceptors (Lipinski definition) is 4. The topological polar surface area (TPSA) is 83.0 Å². The van der Waals surface area contributed by atoms with E-state index in [4.69, 9.17) is 4.74 Å². The van der Waals surface area contributed by atoms with Crippen LogP contribution in [-0.2, 0) is 22.1 Å². The summed E-state index contributed by atoms with van der Waals surface area (Å²) in [6, 6.07) is 10.2. The summed E-state index contributed by atoms with van der Waals surface area (Å²) >= 11 is 0. The van der Waals surface area contributed by atoms with Gasteiger partial charge in [-0.1, -0.05) is 43.7 Å². The Morgan fingerprint density at radius 2 is 2.07 bits per heavy atom. The first-order chi connectivity index (χ1) is 13.6. The van der Waals surface area contributed by atoms with Crippen LogP contribution in [0.2, 0.25) is 0 Å². The summed E-state index contributed by atoms with van der Waals surface area (Å²) < 4.78 is 17.7. The highest BCUT2D eigenvalue weighted by atomic mass is 127. The molecule has 1 aliphatic carbocycles. The minimum atomic E-state index is -0.740. The van der Waals surface area contributed by atoms with E-state index >= 15 is 0 Å². The van der Waals surface area contributed by atoms with E-state index in [9.17, 15) is 9.32 Å². The van der Waals surface area contributed by atoms with Crippen LogP contribution in [0.5, 0.6) is 0 Å². The number of nitrogens with one attached hydrogen (secondary N) is 2. The molecule has 1 aromatic carbocycles. The van der Waals surface area contributed by atoms with E-state index in [1.807, 2.05) is 44.2 Å². The van der Waals surface area contributed by atoms with Gasteiger partial charge in [0.1, 0.15) is 0 Å². The van der Waals surface area contributed by atoms with Crippen LogP contribution >= 0.6 is 24.0 Å². The van der Waals surface area contributed by atoms with E-state index in [1.54, 1.807) is 0 Å². The van der Waals surface area contributed by atoms with E-state index in [0.29, 0.717) is 12.6 Å². The second kappa shape index (κ2) is 15.1. The quantitative estimate of drug-likeness (QED) is 0.243. The van der Waals surface area contributed by atoms with Crippen molar-refractivity contribution < 1.29 is 14.1 Å². The maximum absolute atomic E-state index is 12.1. The molecule has 1 saturated carbocycles. The number of benzene rings is 1. The molecule has 0 aromatic heterocycles. The molecular weight excluding hydrogens is 501 g/mol. The Bertz CT molecular complexity index is 618. The summed E-state index contributed by atoms with van der Waals surface area (Å²) in [7, 11) is -0.740. The normalized spacial score (nSPS) is 21.7. The number of aliphatic imine (C=N–C) groups is 1. The van der Waals surface area contributed by atoms with Crippen LogP contribution in [0.15, 0.2) is 35.3 Å². The molecule has 1 aliphatic rings. The fraction of sp³-hybridized carbons (Fsp3) is 0.667. The van der Waals surface area contributed by atoms with Crippen LogP contribution < -0.4 is 10.6 Å². The van der Waals surface area contributed by atoms with E-state index in [0.717, 1.165) is 43.5 Å². The van der Waals surface area contributed by atoms with Gasteiger partial charge in [0.15, 0.2) is 5.96 Å². The van der Waals surface area contributed by atoms with Crippen molar-refractivity contribution in [2.75, 3.05) is 25.4 Å². The molecule has 8 heteroatoms. The van der Waals surface area contributed by atoms with Crippen molar-refractivity contribution >= 4 is 40.7 Å². The molecule has 0 radical (unpaired) electrons. The van der Waals surface area contributed by atoms with Crippen LogP contribution in [0.3, 0.4) is 0 Å². The molecular formula is C21H36IN3O3S. The Balaban J connectivity index is 0.00000420. The molecule has 3 N–H and O–H groups in total. The van der Waals surface area contributed by atoms with Gasteiger partial charge < -0.3 is 20.5 Å². The number of guanidine groups is 1. The van der Waals surface area contributed by atoms with Crippen molar-refractivity contribution in [1.29, 1.82) is 0 Å². The van der Waals surface area contributed by atoms with E-state index < -0.39 is 16.9 Å². The van der Waals surface area contributed by atoms with Crippen LogP contribution in [0.1, 0.15) is 45.1 Å². The number of ether oxygens (including phenoxy) is 1. The molecule has 29 heavy (non-hydrogen) atoms. The van der Waals surface area contributed by atoms with Gasteiger partial charge in [0, 0.05) is 34.4 Å². The third-order valence-corrected chi connectivity index (χ3v) is 6.59. The first-order valence-corrected chi connectivity index (χ1v) is 11.7. The number of aliphatic hydroxyl groups excluding tert-OH is 1. The van der Waals surface area contributed by atoms with E-state index in [2.05, 4.69) is 15.6 Å². The molecule has 0 amide bonds. The fourth-order valence-electron chi connectivity index (χ4n) is 3.40. The first kappa shape index (κ1) is 26.3. The number of rotatable bonds is 10. The largest absolute Gasteiger partial charge is 0.389 e. The zero-order valence-corrected chi connectivity index (χ0v) is 20.7. The Morgan fingerprint density at radius 3 is 2.76 bits per heavy atom. The summed E-state index contributed by atoms with van der Waals surface area (Å²) in [5.41, 5.74) is 1.09. The van der Waals surface area contributed by atoms with Crippen LogP contribution in [0, 0.1) is 0 Å². The molecule has 1 fully saturated rings. The molecule has 0 saturated heterocycles. The Labute approximate surface area is 194 Å². The van der Waals surface area contributed by atoms with Crippen molar-refractivity contribution in [3.05, 3.63) is 35.9 Å². The molecule has 2 rings (SSSR count). The highest BCUT2D eigenvalue weighted by molar-refractivity contribution is 14.0. The van der Waals surface area contributed by atoms with Crippen LogP contribution in [-0.4, -0.2) is 58.1 Å². The standard InChI is InChI=1S/C21H35N3O3S.HI/c1-3-22-21(24-18-11-8-12-20(13-18)28(26)4-2)23-14-19(25)16-27-15-17-9-6-5-7-10-17;/h5-7,9-10,18-20,25H,3-4,8,11-16H2,1-2H3,(H2,22,23,24);1H. The van der Waals surface area contributed by atoms with Gasteiger partial charge in [0.25, 0.3) is 0 Å². The lowest BCUT2D eigenvalue weighted by molar-refractivity contribution is 0.0331. The third-order valence-electron chi connectivity index (χ3n) is 4.85. The summed E-state index contributed by atoms with van der Waals surface area (Å²) in [4.78, 5) is 4.51. The van der Waals surface area contributed by atoms with Crippen molar-refractivity contribution in [2.45, 2.75) is 63.5 Å². The van der Waals surface area contributed by atoms with Gasteiger partial charge in [0.2, 0.25) is 0 Å². The Morgan fingerprint density at radius 1 is 1.31 bits per heavy atom. The van der Waals surface area contributed by atoms with Gasteiger partial charge in [-0.2, -0.15) is 0 Å². The molecule has 0 spiro atoms. The number of halogens is 1. The third kappa shape index (κ3) is 10.2. The summed E-state index contributed by atoms with van der Waals surface area (Å²) in [5, 5.41) is 17.1. The van der Waals surface area contributed by atoms with Gasteiger partial charge >= 0.3 is 0 Å². The van der Waals surface area contributed by atoms with Gasteiger partial charge in [-0.15, -0.1) is 24.0 Å². The lowest BCUT2D eigenvalue weighted by Crippen LogP contribution is -2.47. The molecule has 0 bridgehead atoms. The van der Waals surface area contributed by atoms with Crippen LogP contribution in [0.25, 0.3) is 0 Å². The number of aliphatic hydroxyl groups is 1.